The lowest BCUT2D eigenvalue weighted by Gasteiger charge is -2.29. The average molecular weight is 512 g/mol. The second kappa shape index (κ2) is 10.4. The number of hydrogen-bond donors (Lipinski definition) is 3. The molecule has 3 N–H and O–H groups in total. The Hall–Kier alpha value is -3.56. The van der Waals surface area contributed by atoms with E-state index in [0.29, 0.717) is 51.8 Å². The van der Waals surface area contributed by atoms with Gasteiger partial charge in [0.25, 0.3) is 12.3 Å². The van der Waals surface area contributed by atoms with Crippen LogP contribution in [0.15, 0.2) is 24.5 Å². The Kier molecular flexibility index (Phi) is 7.08. The van der Waals surface area contributed by atoms with Gasteiger partial charge in [0.2, 0.25) is 5.91 Å². The summed E-state index contributed by atoms with van der Waals surface area (Å²) in [6.07, 6.45) is 4.04. The molecule has 2 saturated carbocycles. The third-order valence-corrected chi connectivity index (χ3v) is 7.15. The van der Waals surface area contributed by atoms with Crippen molar-refractivity contribution in [2.24, 2.45) is 5.92 Å². The van der Waals surface area contributed by atoms with E-state index < -0.39 is 6.43 Å². The number of nitrogens with zero attached hydrogens (tertiary/aromatic N) is 2. The third kappa shape index (κ3) is 5.57. The van der Waals surface area contributed by atoms with Crippen LogP contribution in [0.25, 0.3) is 22.3 Å². The van der Waals surface area contributed by atoms with Gasteiger partial charge in [-0.15, -0.1) is 0 Å². The number of ether oxygens (including phenoxy) is 1. The van der Waals surface area contributed by atoms with E-state index in [0.717, 1.165) is 38.5 Å². The van der Waals surface area contributed by atoms with Crippen LogP contribution >= 0.6 is 0 Å². The topological polar surface area (TPSA) is 109 Å². The maximum absolute atomic E-state index is 13.6. The lowest BCUT2D eigenvalue weighted by Crippen LogP contribution is -2.43. The monoisotopic (exact) mass is 511 g/mol. The average Bonchev–Trinajstić information content (AvgIpc) is 3.63. The summed E-state index contributed by atoms with van der Waals surface area (Å²) in [7, 11) is 0. The molecule has 8 nitrogen and oxygen atoms in total. The number of nitrogens with one attached hydrogen (secondary N) is 3. The Morgan fingerprint density at radius 2 is 1.78 bits per heavy atom. The molecule has 10 heteroatoms. The second-order valence-corrected chi connectivity index (χ2v) is 10.1. The van der Waals surface area contributed by atoms with Crippen molar-refractivity contribution in [3.05, 3.63) is 41.3 Å². The summed E-state index contributed by atoms with van der Waals surface area (Å²) in [6, 6.07) is 4.46. The number of carbonyl (C=O) groups excluding carboxylic acids is 2. The summed E-state index contributed by atoms with van der Waals surface area (Å²) >= 11 is 0. The van der Waals surface area contributed by atoms with E-state index in [1.54, 1.807) is 13.0 Å². The van der Waals surface area contributed by atoms with Crippen molar-refractivity contribution in [2.75, 3.05) is 6.61 Å². The molecule has 2 amide bonds. The van der Waals surface area contributed by atoms with Crippen LogP contribution in [0.5, 0.6) is 5.75 Å². The highest BCUT2D eigenvalue weighted by Gasteiger charge is 2.27. The lowest BCUT2D eigenvalue weighted by molar-refractivity contribution is -0.119. The number of fused-ring (bicyclic) bond motifs is 1. The molecular weight excluding hydrogens is 480 g/mol. The molecule has 2 heterocycles. The number of hydrogen-bond acceptors (Lipinski definition) is 5. The largest absolute Gasteiger partial charge is 0.493 e. The molecule has 0 radical (unpaired) electrons. The van der Waals surface area contributed by atoms with Gasteiger partial charge in [-0.25, -0.2) is 18.7 Å². The number of halogens is 2. The van der Waals surface area contributed by atoms with Crippen LogP contribution in [-0.2, 0) is 4.79 Å². The van der Waals surface area contributed by atoms with E-state index in [-0.39, 0.29) is 29.5 Å². The summed E-state index contributed by atoms with van der Waals surface area (Å²) < 4.78 is 33.1. The number of benzene rings is 1. The summed E-state index contributed by atoms with van der Waals surface area (Å²) in [6.45, 7) is 3.82. The molecule has 5 rings (SSSR count). The summed E-state index contributed by atoms with van der Waals surface area (Å²) in [5, 5.41) is 6.05. The first-order chi connectivity index (χ1) is 17.8. The zero-order chi connectivity index (χ0) is 26.1. The molecule has 2 aliphatic rings. The molecule has 0 bridgehead atoms. The third-order valence-electron chi connectivity index (χ3n) is 7.15. The molecule has 37 heavy (non-hydrogen) atoms. The Bertz CT molecular complexity index is 1310. The van der Waals surface area contributed by atoms with Gasteiger partial charge in [0.1, 0.15) is 23.3 Å². The van der Waals surface area contributed by atoms with Gasteiger partial charge < -0.3 is 20.4 Å². The normalized spacial score (nSPS) is 19.7. The van der Waals surface area contributed by atoms with Crippen molar-refractivity contribution in [3.63, 3.8) is 0 Å². The highest BCUT2D eigenvalue weighted by molar-refractivity contribution is 6.09. The molecule has 3 aromatic rings. The lowest BCUT2D eigenvalue weighted by atomic mass is 9.91. The minimum absolute atomic E-state index is 0.00619. The van der Waals surface area contributed by atoms with Gasteiger partial charge in [0.05, 0.1) is 17.7 Å². The van der Waals surface area contributed by atoms with Crippen LogP contribution in [-0.4, -0.2) is 45.5 Å². The maximum Gasteiger partial charge on any atom is 0.263 e. The van der Waals surface area contributed by atoms with Crippen molar-refractivity contribution in [1.29, 1.82) is 0 Å². The molecule has 2 fully saturated rings. The van der Waals surface area contributed by atoms with E-state index in [9.17, 15) is 18.4 Å². The molecule has 196 valence electrons. The van der Waals surface area contributed by atoms with Crippen molar-refractivity contribution in [1.82, 2.24) is 25.6 Å². The van der Waals surface area contributed by atoms with E-state index in [1.165, 1.54) is 25.4 Å². The van der Waals surface area contributed by atoms with E-state index in [4.69, 9.17) is 4.74 Å². The number of aryl methyl sites for hydroxylation is 1. The van der Waals surface area contributed by atoms with E-state index in [2.05, 4.69) is 25.6 Å². The Balaban J connectivity index is 1.43. The van der Waals surface area contributed by atoms with Gasteiger partial charge in [0, 0.05) is 35.8 Å². The van der Waals surface area contributed by atoms with Crippen molar-refractivity contribution in [2.45, 2.75) is 70.9 Å². The SMILES string of the molecule is CC(=O)NC1CCC(NC(=O)c2c(C)[nH]c3c(-c4cc(C(F)F)ccc4OCC4CC4)ncnc23)CC1. The number of aromatic nitrogens is 3. The van der Waals surface area contributed by atoms with Crippen LogP contribution in [0.3, 0.4) is 0 Å². The van der Waals surface area contributed by atoms with Crippen LogP contribution in [0.1, 0.15) is 73.5 Å². The van der Waals surface area contributed by atoms with Gasteiger partial charge in [-0.1, -0.05) is 0 Å². The van der Waals surface area contributed by atoms with Gasteiger partial charge in [0.15, 0.2) is 0 Å². The van der Waals surface area contributed by atoms with Gasteiger partial charge >= 0.3 is 0 Å². The summed E-state index contributed by atoms with van der Waals surface area (Å²) in [5.74, 6) is 0.676. The molecule has 0 unspecified atom stereocenters. The fourth-order valence-electron chi connectivity index (χ4n) is 5.02. The van der Waals surface area contributed by atoms with Crippen LogP contribution in [0.2, 0.25) is 0 Å². The molecule has 0 atom stereocenters. The fourth-order valence-corrected chi connectivity index (χ4v) is 5.02. The smallest absolute Gasteiger partial charge is 0.263 e. The van der Waals surface area contributed by atoms with Gasteiger partial charge in [-0.05, 0) is 69.6 Å². The maximum atomic E-state index is 13.6. The van der Waals surface area contributed by atoms with Crippen LogP contribution < -0.4 is 15.4 Å². The quantitative estimate of drug-likeness (QED) is 0.401. The van der Waals surface area contributed by atoms with Crippen molar-refractivity contribution < 1.29 is 23.1 Å². The zero-order valence-corrected chi connectivity index (χ0v) is 20.9. The Morgan fingerprint density at radius 3 is 2.43 bits per heavy atom. The Labute approximate surface area is 213 Å². The molecule has 0 spiro atoms. The Morgan fingerprint density at radius 1 is 1.08 bits per heavy atom. The molecular formula is C27H31F2N5O3. The van der Waals surface area contributed by atoms with Crippen molar-refractivity contribution in [3.8, 4) is 17.0 Å². The molecule has 2 aromatic heterocycles. The predicted octanol–water partition coefficient (Wildman–Crippen LogP) is 4.84. The second-order valence-electron chi connectivity index (χ2n) is 10.1. The minimum atomic E-state index is -2.64. The van der Waals surface area contributed by atoms with E-state index in [1.807, 2.05) is 0 Å². The molecule has 1 aromatic carbocycles. The number of aromatic amines is 1. The fraction of sp³-hybridized carbons (Fsp3) is 0.481. The van der Waals surface area contributed by atoms with Crippen molar-refractivity contribution >= 4 is 22.8 Å². The van der Waals surface area contributed by atoms with Crippen LogP contribution in [0, 0.1) is 12.8 Å². The summed E-state index contributed by atoms with van der Waals surface area (Å²) in [4.78, 5) is 36.7. The molecule has 0 aliphatic heterocycles. The van der Waals surface area contributed by atoms with Gasteiger partial charge in [-0.3, -0.25) is 9.59 Å². The standard InChI is InChI=1S/C27H31F2N5O3/c1-14-22(27(36)34-19-8-6-18(7-9-19)33-15(2)35)24-25(32-14)23(30-13-31-24)20-11-17(26(28)29)5-10-21(20)37-12-16-3-4-16/h5,10-11,13,16,18-19,26,32H,3-4,6-9,12H2,1-2H3,(H,33,35)(H,34,36). The highest BCUT2D eigenvalue weighted by atomic mass is 19.3. The summed E-state index contributed by atoms with van der Waals surface area (Å²) in [5.41, 5.74) is 2.69. The van der Waals surface area contributed by atoms with Gasteiger partial charge in [-0.2, -0.15) is 0 Å². The van der Waals surface area contributed by atoms with E-state index >= 15 is 0 Å². The molecule has 2 aliphatic carbocycles. The highest BCUT2D eigenvalue weighted by Crippen LogP contribution is 2.38. The first-order valence-corrected chi connectivity index (χ1v) is 12.8. The predicted molar refractivity (Wildman–Crippen MR) is 135 cm³/mol. The zero-order valence-electron chi connectivity index (χ0n) is 20.9. The number of rotatable bonds is 8. The number of amides is 2. The number of alkyl halides is 2. The number of carbonyl (C=O) groups is 2. The number of H-pyrrole nitrogens is 1. The molecule has 0 saturated heterocycles. The first kappa shape index (κ1) is 25.1. The minimum Gasteiger partial charge on any atom is -0.493 e. The van der Waals surface area contributed by atoms with Crippen LogP contribution in [0.4, 0.5) is 8.78 Å². The first-order valence-electron chi connectivity index (χ1n) is 12.8.